The van der Waals surface area contributed by atoms with Crippen LogP contribution in [0.5, 0.6) is 0 Å². The van der Waals surface area contributed by atoms with E-state index in [1.165, 1.54) is 0 Å². The van der Waals surface area contributed by atoms with E-state index in [4.69, 9.17) is 13.9 Å². The molecule has 1 heterocycles. The Balaban J connectivity index is 1.92. The molecule has 5 heteroatoms. The molecule has 0 aromatic rings. The zero-order valence-electron chi connectivity index (χ0n) is 19.0. The lowest BCUT2D eigenvalue weighted by atomic mass is 9.48. The largest absolute Gasteiger partial charge is 0.413 e. The zero-order chi connectivity index (χ0) is 20.5. The van der Waals surface area contributed by atoms with Crippen LogP contribution in [0.3, 0.4) is 0 Å². The Hall–Kier alpha value is 0.0569. The van der Waals surface area contributed by atoms with Gasteiger partial charge in [-0.15, -0.1) is 0 Å². The van der Waals surface area contributed by atoms with E-state index in [1.807, 2.05) is 13.8 Å². The second-order valence-electron chi connectivity index (χ2n) is 11.8. The van der Waals surface area contributed by atoms with Gasteiger partial charge in [0.25, 0.3) is 0 Å². The number of hydrogen-bond donors (Lipinski definition) is 1. The Morgan fingerprint density at radius 2 is 1.63 bits per heavy atom. The first kappa shape index (κ1) is 21.8. The molecule has 3 rings (SSSR count). The molecule has 1 aliphatic heterocycles. The van der Waals surface area contributed by atoms with Crippen LogP contribution < -0.4 is 0 Å². The molecular formula is C22H42O4Si. The minimum atomic E-state index is -1.87. The van der Waals surface area contributed by atoms with Crippen molar-refractivity contribution < 1.29 is 19.0 Å². The molecule has 0 radical (unpaired) electrons. The lowest BCUT2D eigenvalue weighted by molar-refractivity contribution is -0.353. The fraction of sp³-hybridized carbons (Fsp3) is 1.00. The highest BCUT2D eigenvalue weighted by atomic mass is 28.4. The summed E-state index contributed by atoms with van der Waals surface area (Å²) in [5, 5.41) is 11.3. The lowest BCUT2D eigenvalue weighted by Gasteiger charge is -2.64. The molecule has 2 saturated carbocycles. The predicted molar refractivity (Wildman–Crippen MR) is 111 cm³/mol. The second kappa shape index (κ2) is 6.53. The molecule has 27 heavy (non-hydrogen) atoms. The molecule has 3 aliphatic rings. The minimum absolute atomic E-state index is 0.0351. The van der Waals surface area contributed by atoms with E-state index in [2.05, 4.69) is 47.7 Å². The SMILES string of the molecule is CC1(C)OCC2(C)C(CCC3(C)C(O[Si](C)(C)C(C)(C)C)CCC(O)C23)O1. The molecule has 6 unspecified atom stereocenters. The van der Waals surface area contributed by atoms with Crippen LogP contribution in [0.25, 0.3) is 0 Å². The van der Waals surface area contributed by atoms with E-state index in [9.17, 15) is 5.11 Å². The van der Waals surface area contributed by atoms with Crippen molar-refractivity contribution in [3.8, 4) is 0 Å². The van der Waals surface area contributed by atoms with Gasteiger partial charge in [-0.2, -0.15) is 0 Å². The number of hydrogen-bond acceptors (Lipinski definition) is 4. The standard InChI is InChI=1S/C22H42O4Si/c1-19(2,3)27(8,9)26-17-11-10-15(23)18-21(17,6)13-12-16-22(18,7)14-24-20(4,5)25-16/h15-18,23H,10-14H2,1-9H3. The van der Waals surface area contributed by atoms with Crippen LogP contribution in [0.2, 0.25) is 18.1 Å². The number of rotatable bonds is 2. The van der Waals surface area contributed by atoms with Crippen LogP contribution in [0.4, 0.5) is 0 Å². The average molecular weight is 399 g/mol. The van der Waals surface area contributed by atoms with Gasteiger partial charge in [-0.3, -0.25) is 0 Å². The number of aliphatic hydroxyl groups excluding tert-OH is 1. The van der Waals surface area contributed by atoms with Crippen molar-refractivity contribution >= 4 is 8.32 Å². The smallest absolute Gasteiger partial charge is 0.192 e. The third-order valence-corrected chi connectivity index (χ3v) is 12.8. The first-order chi connectivity index (χ1) is 12.1. The van der Waals surface area contributed by atoms with Gasteiger partial charge in [0.2, 0.25) is 0 Å². The first-order valence-corrected chi connectivity index (χ1v) is 13.7. The summed E-state index contributed by atoms with van der Waals surface area (Å²) >= 11 is 0. The van der Waals surface area contributed by atoms with Gasteiger partial charge in [0, 0.05) is 11.3 Å². The molecule has 1 N–H and O–H groups in total. The van der Waals surface area contributed by atoms with Crippen molar-refractivity contribution in [3.05, 3.63) is 0 Å². The zero-order valence-corrected chi connectivity index (χ0v) is 20.0. The molecule has 1 saturated heterocycles. The highest BCUT2D eigenvalue weighted by molar-refractivity contribution is 6.74. The van der Waals surface area contributed by atoms with Crippen LogP contribution >= 0.6 is 0 Å². The number of fused-ring (bicyclic) bond motifs is 3. The van der Waals surface area contributed by atoms with Crippen molar-refractivity contribution in [3.63, 3.8) is 0 Å². The highest BCUT2D eigenvalue weighted by Gasteiger charge is 2.64. The quantitative estimate of drug-likeness (QED) is 0.657. The van der Waals surface area contributed by atoms with E-state index in [0.29, 0.717) is 6.61 Å². The Labute approximate surface area is 167 Å². The molecule has 0 aromatic heterocycles. The third kappa shape index (κ3) is 3.56. The Morgan fingerprint density at radius 1 is 1.00 bits per heavy atom. The monoisotopic (exact) mass is 398 g/mol. The van der Waals surface area contributed by atoms with Crippen LogP contribution in [-0.4, -0.2) is 44.1 Å². The van der Waals surface area contributed by atoms with Gasteiger partial charge in [-0.1, -0.05) is 34.6 Å². The Kier molecular flexibility index (Phi) is 5.26. The van der Waals surface area contributed by atoms with Gasteiger partial charge in [0.15, 0.2) is 14.1 Å². The van der Waals surface area contributed by atoms with E-state index in [0.717, 1.165) is 25.7 Å². The summed E-state index contributed by atoms with van der Waals surface area (Å²) < 4.78 is 19.4. The van der Waals surface area contributed by atoms with Crippen molar-refractivity contribution in [2.24, 2.45) is 16.7 Å². The molecule has 0 amide bonds. The summed E-state index contributed by atoms with van der Waals surface area (Å²) in [7, 11) is -1.87. The highest BCUT2D eigenvalue weighted by Crippen LogP contribution is 2.61. The van der Waals surface area contributed by atoms with Crippen LogP contribution in [0.15, 0.2) is 0 Å². The topological polar surface area (TPSA) is 47.9 Å². The maximum Gasteiger partial charge on any atom is 0.192 e. The van der Waals surface area contributed by atoms with Gasteiger partial charge in [0.05, 0.1) is 24.9 Å². The summed E-state index contributed by atoms with van der Waals surface area (Å²) in [5.41, 5.74) is -0.204. The molecule has 0 spiro atoms. The summed E-state index contributed by atoms with van der Waals surface area (Å²) in [6.07, 6.45) is 3.86. The minimum Gasteiger partial charge on any atom is -0.413 e. The second-order valence-corrected chi connectivity index (χ2v) is 16.6. The molecular weight excluding hydrogens is 356 g/mol. The molecule has 6 atom stereocenters. The van der Waals surface area contributed by atoms with Gasteiger partial charge in [0.1, 0.15) is 0 Å². The Morgan fingerprint density at radius 3 is 2.22 bits per heavy atom. The fourth-order valence-electron chi connectivity index (χ4n) is 5.75. The summed E-state index contributed by atoms with van der Waals surface area (Å²) in [4.78, 5) is 0. The average Bonchev–Trinajstić information content (AvgIpc) is 2.50. The number of aliphatic hydroxyl groups is 1. The number of ether oxygens (including phenoxy) is 2. The van der Waals surface area contributed by atoms with Crippen molar-refractivity contribution in [1.29, 1.82) is 0 Å². The lowest BCUT2D eigenvalue weighted by Crippen LogP contribution is -2.68. The normalized spacial score (nSPS) is 45.1. The van der Waals surface area contributed by atoms with E-state index >= 15 is 0 Å². The summed E-state index contributed by atoms with van der Waals surface area (Å²) in [5.74, 6) is -0.391. The summed E-state index contributed by atoms with van der Waals surface area (Å²) in [6.45, 7) is 20.9. The van der Waals surface area contributed by atoms with Crippen LogP contribution in [-0.2, 0) is 13.9 Å². The van der Waals surface area contributed by atoms with Gasteiger partial charge in [-0.05, 0) is 63.1 Å². The first-order valence-electron chi connectivity index (χ1n) is 10.8. The van der Waals surface area contributed by atoms with E-state index < -0.39 is 14.1 Å². The van der Waals surface area contributed by atoms with Crippen molar-refractivity contribution in [2.45, 2.75) is 116 Å². The van der Waals surface area contributed by atoms with Gasteiger partial charge >= 0.3 is 0 Å². The molecule has 0 aromatic carbocycles. The maximum absolute atomic E-state index is 11.1. The molecule has 0 bridgehead atoms. The van der Waals surface area contributed by atoms with E-state index in [1.54, 1.807) is 0 Å². The molecule has 158 valence electrons. The van der Waals surface area contributed by atoms with Crippen molar-refractivity contribution in [2.75, 3.05) is 6.61 Å². The van der Waals surface area contributed by atoms with Crippen LogP contribution in [0, 0.1) is 16.7 Å². The Bertz CT molecular complexity index is 569. The maximum atomic E-state index is 11.1. The van der Waals surface area contributed by atoms with Gasteiger partial charge < -0.3 is 19.0 Å². The van der Waals surface area contributed by atoms with Gasteiger partial charge in [-0.25, -0.2) is 0 Å². The van der Waals surface area contributed by atoms with Crippen LogP contribution in [0.1, 0.15) is 74.1 Å². The fourth-order valence-corrected chi connectivity index (χ4v) is 7.20. The predicted octanol–water partition coefficient (Wildman–Crippen LogP) is 5.11. The summed E-state index contributed by atoms with van der Waals surface area (Å²) in [6, 6.07) is 0. The third-order valence-electron chi connectivity index (χ3n) is 8.35. The van der Waals surface area contributed by atoms with E-state index in [-0.39, 0.29) is 40.1 Å². The molecule has 4 nitrogen and oxygen atoms in total. The molecule has 3 fully saturated rings. The molecule has 2 aliphatic carbocycles. The van der Waals surface area contributed by atoms with Crippen molar-refractivity contribution in [1.82, 2.24) is 0 Å².